The molecule has 4 N–H and O–H groups in total. The number of nitro benzene ring substituents is 1. The van der Waals surface area contributed by atoms with E-state index < -0.39 is 22.8 Å². The third kappa shape index (κ3) is 3.06. The maximum Gasteiger partial charge on any atom is 0.293 e. The maximum absolute atomic E-state index is 10.7. The van der Waals surface area contributed by atoms with Gasteiger partial charge in [0.25, 0.3) is 5.69 Å². The first-order chi connectivity index (χ1) is 7.88. The molecule has 0 heterocycles. The van der Waals surface area contributed by atoms with Gasteiger partial charge in [-0.15, -0.1) is 0 Å². The van der Waals surface area contributed by atoms with Gasteiger partial charge in [0.15, 0.2) is 0 Å². The predicted octanol–water partition coefficient (Wildman–Crippen LogP) is 1.62. The SMILES string of the molecule is Nc1c(C(O)C(O)CBr)cc(Cl)cc1[N+](=O)[O-]. The summed E-state index contributed by atoms with van der Waals surface area (Å²) in [5.41, 5.74) is 5.00. The molecule has 0 aliphatic rings. The maximum atomic E-state index is 10.7. The standard InChI is InChI=1S/C9H10BrClN2O4/c10-3-7(14)9(15)5-1-4(11)2-6(8(5)12)13(16)17/h1-2,7,9,14-15H,3,12H2. The Bertz CT molecular complexity index is 443. The first-order valence-electron chi connectivity index (χ1n) is 4.54. The van der Waals surface area contributed by atoms with Gasteiger partial charge in [0.05, 0.1) is 11.0 Å². The van der Waals surface area contributed by atoms with Crippen molar-refractivity contribution in [1.82, 2.24) is 0 Å². The number of benzene rings is 1. The van der Waals surface area contributed by atoms with E-state index in [1.54, 1.807) is 0 Å². The third-order valence-corrected chi connectivity index (χ3v) is 3.07. The minimum absolute atomic E-state index is 0.0381. The van der Waals surface area contributed by atoms with Gasteiger partial charge in [-0.3, -0.25) is 10.1 Å². The molecule has 1 rings (SSSR count). The Balaban J connectivity index is 3.29. The second-order valence-corrected chi connectivity index (χ2v) is 4.44. The van der Waals surface area contributed by atoms with Crippen molar-refractivity contribution in [3.63, 3.8) is 0 Å². The number of nitrogen functional groups attached to an aromatic ring is 1. The van der Waals surface area contributed by atoms with Crippen LogP contribution in [-0.4, -0.2) is 26.6 Å². The summed E-state index contributed by atoms with van der Waals surface area (Å²) < 4.78 is 0. The summed E-state index contributed by atoms with van der Waals surface area (Å²) in [7, 11) is 0. The van der Waals surface area contributed by atoms with Crippen LogP contribution in [0.2, 0.25) is 5.02 Å². The minimum Gasteiger partial charge on any atom is -0.393 e. The van der Waals surface area contributed by atoms with Gasteiger partial charge in [-0.2, -0.15) is 0 Å². The molecule has 0 amide bonds. The molecule has 2 atom stereocenters. The Hall–Kier alpha value is -0.890. The van der Waals surface area contributed by atoms with E-state index >= 15 is 0 Å². The molecule has 0 saturated carbocycles. The van der Waals surface area contributed by atoms with Crippen molar-refractivity contribution < 1.29 is 15.1 Å². The van der Waals surface area contributed by atoms with Crippen LogP contribution in [0.15, 0.2) is 12.1 Å². The molecule has 0 radical (unpaired) electrons. The number of hydrogen-bond donors (Lipinski definition) is 3. The van der Waals surface area contributed by atoms with Gasteiger partial charge in [-0.25, -0.2) is 0 Å². The summed E-state index contributed by atoms with van der Waals surface area (Å²) in [4.78, 5) is 10.0. The van der Waals surface area contributed by atoms with E-state index in [4.69, 9.17) is 17.3 Å². The van der Waals surface area contributed by atoms with E-state index in [2.05, 4.69) is 15.9 Å². The highest BCUT2D eigenvalue weighted by molar-refractivity contribution is 9.09. The summed E-state index contributed by atoms with van der Waals surface area (Å²) in [5, 5.41) is 30.1. The first kappa shape index (κ1) is 14.2. The monoisotopic (exact) mass is 324 g/mol. The molecule has 8 heteroatoms. The molecule has 0 aromatic heterocycles. The summed E-state index contributed by atoms with van der Waals surface area (Å²) in [6, 6.07) is 2.38. The van der Waals surface area contributed by atoms with E-state index in [1.807, 2.05) is 0 Å². The van der Waals surface area contributed by atoms with Crippen LogP contribution >= 0.6 is 27.5 Å². The van der Waals surface area contributed by atoms with Crippen molar-refractivity contribution in [3.05, 3.63) is 32.8 Å². The molecule has 6 nitrogen and oxygen atoms in total. The second-order valence-electron chi connectivity index (χ2n) is 3.35. The molecule has 0 bridgehead atoms. The zero-order valence-corrected chi connectivity index (χ0v) is 10.8. The Morgan fingerprint density at radius 2 is 2.12 bits per heavy atom. The highest BCUT2D eigenvalue weighted by Crippen LogP contribution is 2.34. The molecule has 0 aliphatic heterocycles. The molecule has 0 spiro atoms. The van der Waals surface area contributed by atoms with Crippen LogP contribution in [0.1, 0.15) is 11.7 Å². The highest BCUT2D eigenvalue weighted by atomic mass is 79.9. The smallest absolute Gasteiger partial charge is 0.293 e. The Morgan fingerprint density at radius 3 is 2.59 bits per heavy atom. The lowest BCUT2D eigenvalue weighted by atomic mass is 10.0. The fraction of sp³-hybridized carbons (Fsp3) is 0.333. The zero-order valence-electron chi connectivity index (χ0n) is 8.51. The summed E-state index contributed by atoms with van der Waals surface area (Å²) in [6.45, 7) is 0. The van der Waals surface area contributed by atoms with E-state index in [9.17, 15) is 20.3 Å². The molecule has 0 saturated heterocycles. The van der Waals surface area contributed by atoms with Gasteiger partial charge in [0.1, 0.15) is 11.8 Å². The van der Waals surface area contributed by atoms with Gasteiger partial charge in [0, 0.05) is 22.0 Å². The van der Waals surface area contributed by atoms with Crippen LogP contribution in [-0.2, 0) is 0 Å². The van der Waals surface area contributed by atoms with Crippen LogP contribution in [0.4, 0.5) is 11.4 Å². The number of anilines is 1. The normalized spacial score (nSPS) is 14.4. The molecular formula is C9H10BrClN2O4. The van der Waals surface area contributed by atoms with E-state index in [0.717, 1.165) is 6.07 Å². The fourth-order valence-electron chi connectivity index (χ4n) is 1.31. The fourth-order valence-corrected chi connectivity index (χ4v) is 1.89. The number of hydrogen-bond acceptors (Lipinski definition) is 5. The highest BCUT2D eigenvalue weighted by Gasteiger charge is 2.25. The van der Waals surface area contributed by atoms with Gasteiger partial charge >= 0.3 is 0 Å². The van der Waals surface area contributed by atoms with Crippen molar-refractivity contribution >= 4 is 38.9 Å². The van der Waals surface area contributed by atoms with Crippen LogP contribution in [0.25, 0.3) is 0 Å². The number of rotatable bonds is 4. The average Bonchev–Trinajstić information content (AvgIpc) is 2.29. The topological polar surface area (TPSA) is 110 Å². The molecule has 1 aromatic rings. The summed E-state index contributed by atoms with van der Waals surface area (Å²) in [6.07, 6.45) is -2.47. The van der Waals surface area contributed by atoms with Crippen LogP contribution < -0.4 is 5.73 Å². The molecule has 2 unspecified atom stereocenters. The van der Waals surface area contributed by atoms with Gasteiger partial charge < -0.3 is 15.9 Å². The largest absolute Gasteiger partial charge is 0.393 e. The van der Waals surface area contributed by atoms with E-state index in [-0.39, 0.29) is 21.6 Å². The lowest BCUT2D eigenvalue weighted by Crippen LogP contribution is -2.21. The first-order valence-corrected chi connectivity index (χ1v) is 6.03. The van der Waals surface area contributed by atoms with E-state index in [1.165, 1.54) is 6.07 Å². The number of aliphatic hydroxyl groups is 2. The summed E-state index contributed by atoms with van der Waals surface area (Å²) in [5.74, 6) is 0. The summed E-state index contributed by atoms with van der Waals surface area (Å²) >= 11 is 8.68. The lowest BCUT2D eigenvalue weighted by Gasteiger charge is -2.17. The molecule has 1 aromatic carbocycles. The number of aliphatic hydroxyl groups excluding tert-OH is 2. The zero-order chi connectivity index (χ0) is 13.2. The minimum atomic E-state index is -1.34. The quantitative estimate of drug-likeness (QED) is 0.337. The number of nitro groups is 1. The van der Waals surface area contributed by atoms with Crippen molar-refractivity contribution in [2.45, 2.75) is 12.2 Å². The predicted molar refractivity (Wildman–Crippen MR) is 67.3 cm³/mol. The lowest BCUT2D eigenvalue weighted by molar-refractivity contribution is -0.384. The molecule has 17 heavy (non-hydrogen) atoms. The van der Waals surface area contributed by atoms with E-state index in [0.29, 0.717) is 0 Å². The number of nitrogens with two attached hydrogens (primary N) is 1. The van der Waals surface area contributed by atoms with Crippen molar-refractivity contribution in [1.29, 1.82) is 0 Å². The van der Waals surface area contributed by atoms with Crippen LogP contribution in [0.3, 0.4) is 0 Å². The molecule has 0 aliphatic carbocycles. The molecular weight excluding hydrogens is 315 g/mol. The van der Waals surface area contributed by atoms with Gasteiger partial charge in [0.2, 0.25) is 0 Å². The van der Waals surface area contributed by atoms with Gasteiger partial charge in [-0.05, 0) is 6.07 Å². The van der Waals surface area contributed by atoms with Crippen LogP contribution in [0, 0.1) is 10.1 Å². The number of halogens is 2. The average molecular weight is 326 g/mol. The van der Waals surface area contributed by atoms with Crippen molar-refractivity contribution in [2.75, 3.05) is 11.1 Å². The van der Waals surface area contributed by atoms with Gasteiger partial charge in [-0.1, -0.05) is 27.5 Å². The Labute approximate surface area is 110 Å². The third-order valence-electron chi connectivity index (χ3n) is 2.19. The number of alkyl halides is 1. The Kier molecular flexibility index (Phi) is 4.70. The Morgan fingerprint density at radius 1 is 1.53 bits per heavy atom. The van der Waals surface area contributed by atoms with Crippen molar-refractivity contribution in [3.8, 4) is 0 Å². The number of nitrogens with zero attached hydrogens (tertiary/aromatic N) is 1. The second kappa shape index (κ2) is 5.63. The molecule has 0 fully saturated rings. The van der Waals surface area contributed by atoms with Crippen molar-refractivity contribution in [2.24, 2.45) is 0 Å². The molecule has 94 valence electrons. The van der Waals surface area contributed by atoms with Crippen LogP contribution in [0.5, 0.6) is 0 Å².